The summed E-state index contributed by atoms with van der Waals surface area (Å²) in [7, 11) is 5.18. The summed E-state index contributed by atoms with van der Waals surface area (Å²) >= 11 is 0. The molecule has 3 heterocycles. The first-order valence-electron chi connectivity index (χ1n) is 11.0. The molecule has 1 aliphatic rings. The number of methoxy groups -OCH3 is 2. The first-order chi connectivity index (χ1) is 15.7. The van der Waals surface area contributed by atoms with Crippen LogP contribution in [0.3, 0.4) is 0 Å². The van der Waals surface area contributed by atoms with Gasteiger partial charge in [-0.3, -0.25) is 9.89 Å². The quantitative estimate of drug-likeness (QED) is 0.249. The third kappa shape index (κ3) is 6.73. The van der Waals surface area contributed by atoms with Crippen molar-refractivity contribution in [1.29, 1.82) is 0 Å². The SMILES string of the molecule is CN=C(NCCc1cn2ccccc2n1)NC1CCN(Cc2cc(OC)cc(OC)c2)C1.I. The fourth-order valence-electron chi connectivity index (χ4n) is 4.11. The molecule has 0 saturated carbocycles. The van der Waals surface area contributed by atoms with Gasteiger partial charge in [-0.25, -0.2) is 4.98 Å². The van der Waals surface area contributed by atoms with E-state index in [1.807, 2.05) is 41.9 Å². The first-order valence-corrected chi connectivity index (χ1v) is 11.0. The minimum atomic E-state index is 0. The molecule has 9 heteroatoms. The molecule has 0 aliphatic carbocycles. The standard InChI is InChI=1S/C24H32N6O2.HI/c1-25-24(26-9-7-19-17-30-10-5-4-6-23(30)27-19)28-20-8-11-29(16-20)15-18-12-21(31-2)14-22(13-18)32-3;/h4-6,10,12-14,17,20H,7-9,11,15-16H2,1-3H3,(H2,25,26,28);1H. The maximum atomic E-state index is 5.40. The molecule has 4 rings (SSSR count). The lowest BCUT2D eigenvalue weighted by Gasteiger charge is -2.19. The lowest BCUT2D eigenvalue weighted by atomic mass is 10.2. The number of aromatic nitrogens is 2. The number of nitrogens with one attached hydrogen (secondary N) is 2. The smallest absolute Gasteiger partial charge is 0.191 e. The lowest BCUT2D eigenvalue weighted by Crippen LogP contribution is -2.45. The molecule has 178 valence electrons. The van der Waals surface area contributed by atoms with E-state index in [1.54, 1.807) is 14.2 Å². The molecule has 33 heavy (non-hydrogen) atoms. The molecule has 0 spiro atoms. The Bertz CT molecular complexity index is 1010. The van der Waals surface area contributed by atoms with Gasteiger partial charge >= 0.3 is 0 Å². The Kier molecular flexibility index (Phi) is 9.19. The third-order valence-electron chi connectivity index (χ3n) is 5.74. The van der Waals surface area contributed by atoms with Crippen molar-refractivity contribution in [3.8, 4) is 11.5 Å². The van der Waals surface area contributed by atoms with Crippen LogP contribution in [-0.2, 0) is 13.0 Å². The average molecular weight is 564 g/mol. The van der Waals surface area contributed by atoms with Crippen molar-refractivity contribution in [2.75, 3.05) is 40.9 Å². The highest BCUT2D eigenvalue weighted by Gasteiger charge is 2.23. The summed E-state index contributed by atoms with van der Waals surface area (Å²) in [5, 5.41) is 6.98. The predicted molar refractivity (Wildman–Crippen MR) is 142 cm³/mol. The molecular weight excluding hydrogens is 531 g/mol. The highest BCUT2D eigenvalue weighted by Crippen LogP contribution is 2.24. The number of rotatable bonds is 8. The summed E-state index contributed by atoms with van der Waals surface area (Å²) in [5.74, 6) is 2.48. The second kappa shape index (κ2) is 12.1. The van der Waals surface area contributed by atoms with E-state index in [1.165, 1.54) is 5.56 Å². The number of fused-ring (bicyclic) bond motifs is 1. The molecular formula is C24H33IN6O2. The van der Waals surface area contributed by atoms with Crippen LogP contribution in [0.15, 0.2) is 53.8 Å². The number of nitrogens with zero attached hydrogens (tertiary/aromatic N) is 4. The van der Waals surface area contributed by atoms with E-state index in [4.69, 9.17) is 9.47 Å². The number of imidazole rings is 1. The van der Waals surface area contributed by atoms with Crippen molar-refractivity contribution in [3.63, 3.8) is 0 Å². The van der Waals surface area contributed by atoms with Crippen molar-refractivity contribution in [2.45, 2.75) is 25.4 Å². The Morgan fingerprint density at radius 1 is 1.18 bits per heavy atom. The minimum Gasteiger partial charge on any atom is -0.497 e. The Labute approximate surface area is 212 Å². The number of ether oxygens (including phenoxy) is 2. The maximum absolute atomic E-state index is 5.40. The van der Waals surface area contributed by atoms with E-state index in [2.05, 4.69) is 43.8 Å². The lowest BCUT2D eigenvalue weighted by molar-refractivity contribution is 0.321. The summed E-state index contributed by atoms with van der Waals surface area (Å²) in [5.41, 5.74) is 3.24. The van der Waals surface area contributed by atoms with Gasteiger partial charge in [-0.2, -0.15) is 0 Å². The molecule has 3 aromatic rings. The van der Waals surface area contributed by atoms with E-state index in [0.717, 1.165) is 67.8 Å². The molecule has 0 amide bonds. The second-order valence-electron chi connectivity index (χ2n) is 8.03. The number of halogens is 1. The molecule has 1 atom stereocenters. The molecule has 1 unspecified atom stereocenters. The zero-order valence-corrected chi connectivity index (χ0v) is 21.8. The van der Waals surface area contributed by atoms with Gasteiger partial charge in [-0.15, -0.1) is 24.0 Å². The van der Waals surface area contributed by atoms with Crippen molar-refractivity contribution >= 4 is 35.6 Å². The van der Waals surface area contributed by atoms with Crippen LogP contribution in [0.1, 0.15) is 17.7 Å². The molecule has 1 saturated heterocycles. The van der Waals surface area contributed by atoms with Crippen LogP contribution in [0.4, 0.5) is 0 Å². The van der Waals surface area contributed by atoms with Gasteiger partial charge in [0.15, 0.2) is 5.96 Å². The van der Waals surface area contributed by atoms with Gasteiger partial charge < -0.3 is 24.5 Å². The Morgan fingerprint density at radius 2 is 1.97 bits per heavy atom. The van der Waals surface area contributed by atoms with Crippen LogP contribution in [0.5, 0.6) is 11.5 Å². The van der Waals surface area contributed by atoms with Crippen LogP contribution >= 0.6 is 24.0 Å². The third-order valence-corrected chi connectivity index (χ3v) is 5.74. The molecule has 0 radical (unpaired) electrons. The molecule has 1 aromatic carbocycles. The highest BCUT2D eigenvalue weighted by atomic mass is 127. The number of benzene rings is 1. The van der Waals surface area contributed by atoms with Gasteiger partial charge in [-0.1, -0.05) is 6.07 Å². The van der Waals surface area contributed by atoms with Crippen molar-refractivity contribution < 1.29 is 9.47 Å². The zero-order valence-electron chi connectivity index (χ0n) is 19.5. The topological polar surface area (TPSA) is 75.4 Å². The van der Waals surface area contributed by atoms with E-state index in [0.29, 0.717) is 6.04 Å². The van der Waals surface area contributed by atoms with E-state index < -0.39 is 0 Å². The van der Waals surface area contributed by atoms with Gasteiger partial charge in [0.05, 0.1) is 19.9 Å². The normalized spacial score (nSPS) is 16.5. The number of pyridine rings is 1. The molecule has 0 bridgehead atoms. The second-order valence-corrected chi connectivity index (χ2v) is 8.03. The van der Waals surface area contributed by atoms with Crippen LogP contribution in [0, 0.1) is 0 Å². The highest BCUT2D eigenvalue weighted by molar-refractivity contribution is 14.0. The Hall–Kier alpha value is -2.53. The molecule has 2 N–H and O–H groups in total. The van der Waals surface area contributed by atoms with Crippen molar-refractivity contribution in [1.82, 2.24) is 24.9 Å². The van der Waals surface area contributed by atoms with E-state index in [9.17, 15) is 0 Å². The van der Waals surface area contributed by atoms with Crippen LogP contribution in [0.25, 0.3) is 5.65 Å². The summed E-state index contributed by atoms with van der Waals surface area (Å²) in [6.45, 7) is 3.65. The van der Waals surface area contributed by atoms with Crippen LogP contribution < -0.4 is 20.1 Å². The number of aliphatic imine (C=N–C) groups is 1. The summed E-state index contributed by atoms with van der Waals surface area (Å²) < 4.78 is 12.8. The van der Waals surface area contributed by atoms with Gasteiger partial charge in [0, 0.05) is 64.1 Å². The Balaban J connectivity index is 0.00000306. The summed E-state index contributed by atoms with van der Waals surface area (Å²) in [4.78, 5) is 11.5. The molecule has 2 aromatic heterocycles. The van der Waals surface area contributed by atoms with Crippen LogP contribution in [-0.4, -0.2) is 67.2 Å². The fourth-order valence-corrected chi connectivity index (χ4v) is 4.11. The van der Waals surface area contributed by atoms with Crippen molar-refractivity contribution in [3.05, 3.63) is 60.0 Å². The van der Waals surface area contributed by atoms with E-state index in [-0.39, 0.29) is 24.0 Å². The first kappa shape index (κ1) is 25.1. The van der Waals surface area contributed by atoms with Gasteiger partial charge in [0.2, 0.25) is 0 Å². The number of likely N-dealkylation sites (tertiary alicyclic amines) is 1. The van der Waals surface area contributed by atoms with Gasteiger partial charge in [0.1, 0.15) is 17.1 Å². The van der Waals surface area contributed by atoms with Crippen molar-refractivity contribution in [2.24, 2.45) is 4.99 Å². The van der Waals surface area contributed by atoms with E-state index >= 15 is 0 Å². The zero-order chi connectivity index (χ0) is 22.3. The van der Waals surface area contributed by atoms with Gasteiger partial charge in [0.25, 0.3) is 0 Å². The largest absolute Gasteiger partial charge is 0.497 e. The Morgan fingerprint density at radius 3 is 2.67 bits per heavy atom. The predicted octanol–water partition coefficient (Wildman–Crippen LogP) is 2.95. The minimum absolute atomic E-state index is 0. The number of hydrogen-bond acceptors (Lipinski definition) is 5. The van der Waals surface area contributed by atoms with Crippen LogP contribution in [0.2, 0.25) is 0 Å². The van der Waals surface area contributed by atoms with Gasteiger partial charge in [-0.05, 0) is 36.2 Å². The molecule has 1 aliphatic heterocycles. The average Bonchev–Trinajstić information content (AvgIpc) is 3.44. The molecule has 1 fully saturated rings. The summed E-state index contributed by atoms with van der Waals surface area (Å²) in [6.07, 6.45) is 6.02. The molecule has 8 nitrogen and oxygen atoms in total. The maximum Gasteiger partial charge on any atom is 0.191 e. The number of guanidine groups is 1. The monoisotopic (exact) mass is 564 g/mol. The summed E-state index contributed by atoms with van der Waals surface area (Å²) in [6, 6.07) is 12.4. The fraction of sp³-hybridized carbons (Fsp3) is 0.417. The number of hydrogen-bond donors (Lipinski definition) is 2.